The molecule has 0 radical (unpaired) electrons. The van der Waals surface area contributed by atoms with Crippen LogP contribution in [0.3, 0.4) is 0 Å². The number of hydrogen-bond donors (Lipinski definition) is 1. The fraction of sp³-hybridized carbons (Fsp3) is 0.267. The molecule has 128 valence electrons. The zero-order chi connectivity index (χ0) is 17.6. The first-order valence-electron chi connectivity index (χ1n) is 6.89. The first-order valence-corrected chi connectivity index (χ1v) is 8.26. The van der Waals surface area contributed by atoms with Crippen molar-refractivity contribution in [3.8, 4) is 0 Å². The van der Waals surface area contributed by atoms with Gasteiger partial charge in [-0.3, -0.25) is 4.79 Å². The highest BCUT2D eigenvalue weighted by atomic mass is 35.5. The third-order valence-corrected chi connectivity index (χ3v) is 4.15. The van der Waals surface area contributed by atoms with Crippen molar-refractivity contribution in [1.29, 1.82) is 0 Å². The maximum atomic E-state index is 12.5. The van der Waals surface area contributed by atoms with Gasteiger partial charge in [0.25, 0.3) is 0 Å². The Morgan fingerprint density at radius 3 is 2.71 bits per heavy atom. The molecule has 1 N–H and O–H groups in total. The van der Waals surface area contributed by atoms with E-state index in [2.05, 4.69) is 15.3 Å². The summed E-state index contributed by atoms with van der Waals surface area (Å²) >= 11 is 6.97. The smallest absolute Gasteiger partial charge is 0.352 e. The van der Waals surface area contributed by atoms with Crippen LogP contribution >= 0.6 is 23.4 Å². The number of amides is 1. The lowest BCUT2D eigenvalue weighted by atomic mass is 10.2. The molecule has 1 heterocycles. The number of hydrogen-bond acceptors (Lipinski definition) is 4. The number of alkyl halides is 3. The lowest BCUT2D eigenvalue weighted by molar-refractivity contribution is -0.141. The third-order valence-electron chi connectivity index (χ3n) is 2.92. The van der Waals surface area contributed by atoms with E-state index in [1.807, 2.05) is 6.07 Å². The maximum Gasteiger partial charge on any atom is 0.433 e. The Kier molecular flexibility index (Phi) is 6.44. The molecule has 1 aromatic heterocycles. The Morgan fingerprint density at radius 1 is 1.25 bits per heavy atom. The molecule has 0 aliphatic carbocycles. The Hall–Kier alpha value is -1.80. The maximum absolute atomic E-state index is 12.5. The Labute approximate surface area is 145 Å². The van der Waals surface area contributed by atoms with Crippen LogP contribution in [0.1, 0.15) is 17.7 Å². The van der Waals surface area contributed by atoms with E-state index in [1.165, 1.54) is 0 Å². The number of nitrogens with one attached hydrogen (secondary N) is 1. The predicted octanol–water partition coefficient (Wildman–Crippen LogP) is 3.95. The van der Waals surface area contributed by atoms with E-state index >= 15 is 0 Å². The largest absolute Gasteiger partial charge is 0.433 e. The fourth-order valence-corrected chi connectivity index (χ4v) is 2.70. The monoisotopic (exact) mass is 375 g/mol. The Balaban J connectivity index is 1.78. The number of aromatic nitrogens is 2. The quantitative estimate of drug-likeness (QED) is 0.613. The van der Waals surface area contributed by atoms with Crippen LogP contribution in [0, 0.1) is 0 Å². The normalized spacial score (nSPS) is 11.3. The topological polar surface area (TPSA) is 54.9 Å². The number of nitrogens with zero attached hydrogens (tertiary/aromatic N) is 2. The van der Waals surface area contributed by atoms with Crippen LogP contribution in [-0.2, 0) is 17.5 Å². The molecule has 0 aliphatic rings. The molecule has 1 amide bonds. The second-order valence-electron chi connectivity index (χ2n) is 4.69. The molecule has 24 heavy (non-hydrogen) atoms. The minimum absolute atomic E-state index is 0.0104. The lowest BCUT2D eigenvalue weighted by Crippen LogP contribution is -2.23. The van der Waals surface area contributed by atoms with Crippen molar-refractivity contribution in [3.63, 3.8) is 0 Å². The molecule has 1 aromatic carbocycles. The average molecular weight is 376 g/mol. The second kappa shape index (κ2) is 8.34. The summed E-state index contributed by atoms with van der Waals surface area (Å²) in [7, 11) is 0. The van der Waals surface area contributed by atoms with Gasteiger partial charge in [-0.05, 0) is 17.7 Å². The number of carbonyl (C=O) groups is 1. The van der Waals surface area contributed by atoms with E-state index in [0.717, 1.165) is 29.6 Å². The van der Waals surface area contributed by atoms with Crippen molar-refractivity contribution in [2.75, 3.05) is 5.75 Å². The average Bonchev–Trinajstić information content (AvgIpc) is 2.54. The summed E-state index contributed by atoms with van der Waals surface area (Å²) in [6.07, 6.45) is -3.32. The summed E-state index contributed by atoms with van der Waals surface area (Å²) in [5.41, 5.74) is -0.204. The van der Waals surface area contributed by atoms with Crippen LogP contribution in [0.25, 0.3) is 0 Å². The minimum Gasteiger partial charge on any atom is -0.352 e. The number of benzene rings is 1. The van der Waals surface area contributed by atoms with Gasteiger partial charge in [-0.25, -0.2) is 9.97 Å². The predicted molar refractivity (Wildman–Crippen MR) is 85.7 cm³/mol. The van der Waals surface area contributed by atoms with Crippen LogP contribution in [0.5, 0.6) is 0 Å². The van der Waals surface area contributed by atoms with Gasteiger partial charge < -0.3 is 5.32 Å². The zero-order valence-corrected chi connectivity index (χ0v) is 13.9. The Morgan fingerprint density at radius 2 is 2.00 bits per heavy atom. The van der Waals surface area contributed by atoms with Crippen LogP contribution in [0.4, 0.5) is 13.2 Å². The Bertz CT molecular complexity index is 712. The highest BCUT2D eigenvalue weighted by molar-refractivity contribution is 7.99. The zero-order valence-electron chi connectivity index (χ0n) is 12.3. The molecule has 2 aromatic rings. The standard InChI is InChI=1S/C15H13ClF3N3OS/c16-11-4-2-1-3-10(11)9-21-13(23)6-8-24-14-20-7-5-12(22-14)15(17,18)19/h1-5,7H,6,8-9H2,(H,21,23). The van der Waals surface area contributed by atoms with Crippen molar-refractivity contribution < 1.29 is 18.0 Å². The van der Waals surface area contributed by atoms with Gasteiger partial charge in [0.15, 0.2) is 5.16 Å². The number of thioether (sulfide) groups is 1. The van der Waals surface area contributed by atoms with E-state index in [-0.39, 0.29) is 23.2 Å². The van der Waals surface area contributed by atoms with Crippen molar-refractivity contribution in [3.05, 3.63) is 52.8 Å². The number of rotatable bonds is 6. The van der Waals surface area contributed by atoms with Gasteiger partial charge in [-0.1, -0.05) is 41.6 Å². The van der Waals surface area contributed by atoms with Gasteiger partial charge in [0.1, 0.15) is 5.69 Å². The van der Waals surface area contributed by atoms with E-state index in [4.69, 9.17) is 11.6 Å². The summed E-state index contributed by atoms with van der Waals surface area (Å²) in [5.74, 6) is 0.0461. The van der Waals surface area contributed by atoms with Gasteiger partial charge in [0, 0.05) is 29.9 Å². The molecule has 4 nitrogen and oxygen atoms in total. The van der Waals surface area contributed by atoms with Crippen molar-refractivity contribution in [2.45, 2.75) is 24.3 Å². The molecule has 0 bridgehead atoms. The summed E-state index contributed by atoms with van der Waals surface area (Å²) in [6.45, 7) is 0.295. The van der Waals surface area contributed by atoms with Crippen LogP contribution in [0.15, 0.2) is 41.7 Å². The van der Waals surface area contributed by atoms with Gasteiger partial charge in [-0.15, -0.1) is 0 Å². The summed E-state index contributed by atoms with van der Waals surface area (Å²) in [6, 6.07) is 7.94. The molecule has 0 saturated carbocycles. The first-order chi connectivity index (χ1) is 11.4. The van der Waals surface area contributed by atoms with Crippen LogP contribution < -0.4 is 5.32 Å². The number of carbonyl (C=O) groups excluding carboxylic acids is 1. The van der Waals surface area contributed by atoms with Crippen molar-refractivity contribution in [2.24, 2.45) is 0 Å². The molecule has 0 atom stereocenters. The van der Waals surface area contributed by atoms with Gasteiger partial charge >= 0.3 is 6.18 Å². The summed E-state index contributed by atoms with van der Waals surface area (Å²) in [5, 5.41) is 3.25. The molecule has 2 rings (SSSR count). The molecular formula is C15H13ClF3N3OS. The van der Waals surface area contributed by atoms with Crippen molar-refractivity contribution >= 4 is 29.3 Å². The fourth-order valence-electron chi connectivity index (χ4n) is 1.73. The van der Waals surface area contributed by atoms with E-state index in [9.17, 15) is 18.0 Å². The molecule has 0 saturated heterocycles. The molecule has 0 fully saturated rings. The van der Waals surface area contributed by atoms with Crippen LogP contribution in [-0.4, -0.2) is 21.6 Å². The molecule has 0 aliphatic heterocycles. The summed E-state index contributed by atoms with van der Waals surface area (Å²) < 4.78 is 37.6. The van der Waals surface area contributed by atoms with Crippen LogP contribution in [0.2, 0.25) is 5.02 Å². The minimum atomic E-state index is -4.51. The van der Waals surface area contributed by atoms with Gasteiger partial charge in [0.2, 0.25) is 5.91 Å². The molecule has 0 spiro atoms. The highest BCUT2D eigenvalue weighted by Gasteiger charge is 2.32. The third kappa shape index (κ3) is 5.68. The molecule has 9 heteroatoms. The number of halogens is 4. The first kappa shape index (κ1) is 18.5. The van der Waals surface area contributed by atoms with E-state index in [1.54, 1.807) is 18.2 Å². The molecular weight excluding hydrogens is 363 g/mol. The highest BCUT2D eigenvalue weighted by Crippen LogP contribution is 2.28. The second-order valence-corrected chi connectivity index (χ2v) is 6.16. The van der Waals surface area contributed by atoms with E-state index in [0.29, 0.717) is 11.6 Å². The van der Waals surface area contributed by atoms with E-state index < -0.39 is 11.9 Å². The molecule has 0 unspecified atom stereocenters. The van der Waals surface area contributed by atoms with Crippen molar-refractivity contribution in [1.82, 2.24) is 15.3 Å². The SMILES string of the molecule is O=C(CCSc1nccc(C(F)(F)F)n1)NCc1ccccc1Cl. The summed E-state index contributed by atoms with van der Waals surface area (Å²) in [4.78, 5) is 18.9. The van der Waals surface area contributed by atoms with Gasteiger partial charge in [0.05, 0.1) is 0 Å². The lowest BCUT2D eigenvalue weighted by Gasteiger charge is -2.08. The van der Waals surface area contributed by atoms with Gasteiger partial charge in [-0.2, -0.15) is 13.2 Å².